The summed E-state index contributed by atoms with van der Waals surface area (Å²) in [4.78, 5) is 23.0. The lowest BCUT2D eigenvalue weighted by atomic mass is 10.2. The second kappa shape index (κ2) is 10.2. The molecular formula is C23H26N4OS2. The van der Waals surface area contributed by atoms with E-state index in [0.29, 0.717) is 6.54 Å². The average molecular weight is 439 g/mol. The summed E-state index contributed by atoms with van der Waals surface area (Å²) >= 11 is 3.40. The van der Waals surface area contributed by atoms with Crippen LogP contribution in [0.3, 0.4) is 0 Å². The predicted molar refractivity (Wildman–Crippen MR) is 126 cm³/mol. The molecular weight excluding hydrogens is 412 g/mol. The lowest BCUT2D eigenvalue weighted by molar-refractivity contribution is -0.117. The Bertz CT molecular complexity index is 951. The van der Waals surface area contributed by atoms with Crippen molar-refractivity contribution >= 4 is 34.7 Å². The molecule has 0 saturated carbocycles. The number of piperazine rings is 1. The summed E-state index contributed by atoms with van der Waals surface area (Å²) < 4.78 is 0. The number of thioether (sulfide) groups is 1. The highest BCUT2D eigenvalue weighted by atomic mass is 32.2. The standard InChI is InChI=1S/C23H26N4OS2/c1-29-21-9-7-19(8-10-21)24-22(28)16-27-13-11-26(12-14-27)15-20-17-30-23(25-20)18-5-3-2-4-6-18/h2-10,17H,11-16H2,1H3,(H,24,28). The van der Waals surface area contributed by atoms with Gasteiger partial charge in [0.25, 0.3) is 0 Å². The molecule has 0 unspecified atom stereocenters. The van der Waals surface area contributed by atoms with Crippen molar-refractivity contribution in [3.05, 3.63) is 65.7 Å². The van der Waals surface area contributed by atoms with Crippen molar-refractivity contribution in [2.45, 2.75) is 11.4 Å². The van der Waals surface area contributed by atoms with Gasteiger partial charge in [-0.2, -0.15) is 0 Å². The summed E-state index contributed by atoms with van der Waals surface area (Å²) in [6.45, 7) is 5.00. The third kappa shape index (κ3) is 5.70. The zero-order chi connectivity index (χ0) is 20.8. The van der Waals surface area contributed by atoms with E-state index in [-0.39, 0.29) is 5.91 Å². The van der Waals surface area contributed by atoms with E-state index in [1.807, 2.05) is 48.7 Å². The van der Waals surface area contributed by atoms with Crippen molar-refractivity contribution < 1.29 is 4.79 Å². The number of thiazole rings is 1. The molecule has 0 atom stereocenters. The number of rotatable bonds is 7. The highest BCUT2D eigenvalue weighted by Crippen LogP contribution is 2.24. The highest BCUT2D eigenvalue weighted by molar-refractivity contribution is 7.98. The molecule has 0 radical (unpaired) electrons. The lowest BCUT2D eigenvalue weighted by Gasteiger charge is -2.33. The van der Waals surface area contributed by atoms with E-state index in [4.69, 9.17) is 4.98 Å². The molecule has 30 heavy (non-hydrogen) atoms. The summed E-state index contributed by atoms with van der Waals surface area (Å²) in [7, 11) is 0. The first-order chi connectivity index (χ1) is 14.7. The molecule has 3 aromatic rings. The van der Waals surface area contributed by atoms with Gasteiger partial charge in [0.05, 0.1) is 12.2 Å². The van der Waals surface area contributed by atoms with E-state index in [1.54, 1.807) is 23.1 Å². The molecule has 4 rings (SSSR count). The Hall–Kier alpha value is -2.19. The summed E-state index contributed by atoms with van der Waals surface area (Å²) in [6, 6.07) is 18.3. The van der Waals surface area contributed by atoms with Gasteiger partial charge in [-0.3, -0.25) is 14.6 Å². The number of nitrogens with one attached hydrogen (secondary N) is 1. The number of hydrogen-bond donors (Lipinski definition) is 1. The summed E-state index contributed by atoms with van der Waals surface area (Å²) in [6.07, 6.45) is 2.05. The molecule has 1 aliphatic heterocycles. The number of nitrogens with zero attached hydrogens (tertiary/aromatic N) is 3. The normalized spacial score (nSPS) is 15.2. The number of anilines is 1. The highest BCUT2D eigenvalue weighted by Gasteiger charge is 2.20. The van der Waals surface area contributed by atoms with Crippen LogP contribution in [0, 0.1) is 0 Å². The fourth-order valence-corrected chi connectivity index (χ4v) is 4.73. The molecule has 2 aromatic carbocycles. The van der Waals surface area contributed by atoms with E-state index >= 15 is 0 Å². The van der Waals surface area contributed by atoms with Gasteiger partial charge in [0.15, 0.2) is 0 Å². The van der Waals surface area contributed by atoms with Gasteiger partial charge >= 0.3 is 0 Å². The van der Waals surface area contributed by atoms with Crippen LogP contribution >= 0.6 is 23.1 Å². The molecule has 7 heteroatoms. The first kappa shape index (κ1) is 21.1. The molecule has 0 aliphatic carbocycles. The molecule has 1 fully saturated rings. The van der Waals surface area contributed by atoms with Crippen LogP contribution in [-0.4, -0.2) is 59.7 Å². The minimum atomic E-state index is 0.0485. The third-order valence-electron chi connectivity index (χ3n) is 5.16. The summed E-state index contributed by atoms with van der Waals surface area (Å²) in [5.41, 5.74) is 3.15. The Balaban J connectivity index is 1.22. The lowest BCUT2D eigenvalue weighted by Crippen LogP contribution is -2.48. The van der Waals surface area contributed by atoms with Gasteiger partial charge in [-0.05, 0) is 30.5 Å². The Kier molecular flexibility index (Phi) is 7.17. The Morgan fingerprint density at radius 3 is 2.43 bits per heavy atom. The largest absolute Gasteiger partial charge is 0.325 e. The van der Waals surface area contributed by atoms with Gasteiger partial charge in [0.1, 0.15) is 5.01 Å². The van der Waals surface area contributed by atoms with Crippen LogP contribution in [0.1, 0.15) is 5.69 Å². The first-order valence-electron chi connectivity index (χ1n) is 10.1. The minimum absolute atomic E-state index is 0.0485. The number of aromatic nitrogens is 1. The van der Waals surface area contributed by atoms with Crippen molar-refractivity contribution in [3.63, 3.8) is 0 Å². The maximum atomic E-state index is 12.4. The minimum Gasteiger partial charge on any atom is -0.325 e. The molecule has 0 spiro atoms. The van der Waals surface area contributed by atoms with Gasteiger partial charge in [-0.15, -0.1) is 23.1 Å². The summed E-state index contributed by atoms with van der Waals surface area (Å²) in [5, 5.41) is 6.23. The number of hydrogen-bond acceptors (Lipinski definition) is 6. The number of benzene rings is 2. The van der Waals surface area contributed by atoms with Gasteiger partial charge in [-0.1, -0.05) is 30.3 Å². The topological polar surface area (TPSA) is 48.5 Å². The van der Waals surface area contributed by atoms with Crippen molar-refractivity contribution in [3.8, 4) is 10.6 Å². The van der Waals surface area contributed by atoms with Crippen LogP contribution in [0.4, 0.5) is 5.69 Å². The molecule has 2 heterocycles. The predicted octanol–water partition coefficient (Wildman–Crippen LogP) is 4.29. The smallest absolute Gasteiger partial charge is 0.238 e. The van der Waals surface area contributed by atoms with Crippen molar-refractivity contribution in [2.24, 2.45) is 0 Å². The van der Waals surface area contributed by atoms with Crippen LogP contribution in [0.15, 0.2) is 64.9 Å². The van der Waals surface area contributed by atoms with Crippen molar-refractivity contribution in [1.82, 2.24) is 14.8 Å². The van der Waals surface area contributed by atoms with Gasteiger partial charge in [0.2, 0.25) is 5.91 Å². The van der Waals surface area contributed by atoms with E-state index in [9.17, 15) is 4.79 Å². The van der Waals surface area contributed by atoms with E-state index in [2.05, 4.69) is 32.6 Å². The average Bonchev–Trinajstić information content (AvgIpc) is 3.25. The zero-order valence-corrected chi connectivity index (χ0v) is 18.7. The molecule has 1 N–H and O–H groups in total. The number of amides is 1. The quantitative estimate of drug-likeness (QED) is 0.558. The number of carbonyl (C=O) groups is 1. The zero-order valence-electron chi connectivity index (χ0n) is 17.1. The monoisotopic (exact) mass is 438 g/mol. The number of carbonyl (C=O) groups excluding carboxylic acids is 1. The summed E-state index contributed by atoms with van der Waals surface area (Å²) in [5.74, 6) is 0.0485. The van der Waals surface area contributed by atoms with Gasteiger partial charge in [0, 0.05) is 54.3 Å². The maximum absolute atomic E-state index is 12.4. The molecule has 0 bridgehead atoms. The van der Waals surface area contributed by atoms with Crippen LogP contribution in [0.2, 0.25) is 0 Å². The van der Waals surface area contributed by atoms with E-state index in [0.717, 1.165) is 49.1 Å². The van der Waals surface area contributed by atoms with Crippen LogP contribution in [0.25, 0.3) is 10.6 Å². The first-order valence-corrected chi connectivity index (χ1v) is 12.2. The fraction of sp³-hybridized carbons (Fsp3) is 0.304. The second-order valence-electron chi connectivity index (χ2n) is 7.34. The molecule has 1 aromatic heterocycles. The third-order valence-corrected chi connectivity index (χ3v) is 6.85. The Labute approximate surface area is 186 Å². The fourth-order valence-electron chi connectivity index (χ4n) is 3.51. The second-order valence-corrected chi connectivity index (χ2v) is 9.08. The van der Waals surface area contributed by atoms with Gasteiger partial charge in [-0.25, -0.2) is 4.98 Å². The van der Waals surface area contributed by atoms with Crippen LogP contribution < -0.4 is 5.32 Å². The Morgan fingerprint density at radius 2 is 1.73 bits per heavy atom. The van der Waals surface area contributed by atoms with Crippen molar-refractivity contribution in [2.75, 3.05) is 44.3 Å². The van der Waals surface area contributed by atoms with Crippen LogP contribution in [0.5, 0.6) is 0 Å². The molecule has 1 amide bonds. The van der Waals surface area contributed by atoms with E-state index in [1.165, 1.54) is 10.5 Å². The molecule has 156 valence electrons. The molecule has 1 saturated heterocycles. The van der Waals surface area contributed by atoms with Crippen LogP contribution in [-0.2, 0) is 11.3 Å². The molecule has 1 aliphatic rings. The van der Waals surface area contributed by atoms with Crippen molar-refractivity contribution in [1.29, 1.82) is 0 Å². The van der Waals surface area contributed by atoms with Gasteiger partial charge < -0.3 is 5.32 Å². The SMILES string of the molecule is CSc1ccc(NC(=O)CN2CCN(Cc3csc(-c4ccccc4)n3)CC2)cc1. The van der Waals surface area contributed by atoms with E-state index < -0.39 is 0 Å². The molecule has 5 nitrogen and oxygen atoms in total. The Morgan fingerprint density at radius 1 is 1.03 bits per heavy atom. The maximum Gasteiger partial charge on any atom is 0.238 e.